The molecule has 2 N–H and O–H groups in total. The summed E-state index contributed by atoms with van der Waals surface area (Å²) in [7, 11) is -4.38. The van der Waals surface area contributed by atoms with Gasteiger partial charge in [-0.3, -0.25) is 4.31 Å². The topological polar surface area (TPSA) is 86.7 Å². The number of nitrogens with zero attached hydrogens (tertiary/aromatic N) is 1. The van der Waals surface area contributed by atoms with Crippen molar-refractivity contribution >= 4 is 21.9 Å². The predicted molar refractivity (Wildman–Crippen MR) is 67.4 cm³/mol. The van der Waals surface area contributed by atoms with Crippen LogP contribution in [-0.2, 0) is 16.6 Å². The molecule has 116 valence electrons. The molecule has 0 radical (unpaired) electrons. The molecule has 0 aromatic heterocycles. The summed E-state index contributed by atoms with van der Waals surface area (Å²) in [6.45, 7) is -1.72. The van der Waals surface area contributed by atoms with Gasteiger partial charge in [0.1, 0.15) is 6.54 Å². The summed E-state index contributed by atoms with van der Waals surface area (Å²) in [4.78, 5) is 10.9. The number of fused-ring (bicyclic) bond motifs is 1. The van der Waals surface area contributed by atoms with Gasteiger partial charge in [0.15, 0.2) is 0 Å². The lowest BCUT2D eigenvalue weighted by atomic mass is 10.1. The zero-order chi connectivity index (χ0) is 15.8. The standard InChI is InChI=1S/C11H11F3N2O4S/c12-11(13,14)6-15-21(19,20)16-4-3-7-1-2-8(10(17)18)5-9(7)16/h1-2,5,15H,3-4,6H2,(H,17,18). The zero-order valence-electron chi connectivity index (χ0n) is 10.5. The highest BCUT2D eigenvalue weighted by atomic mass is 32.2. The van der Waals surface area contributed by atoms with Gasteiger partial charge < -0.3 is 5.11 Å². The second-order valence-electron chi connectivity index (χ2n) is 4.41. The third-order valence-electron chi connectivity index (χ3n) is 2.93. The number of rotatable bonds is 4. The van der Waals surface area contributed by atoms with Gasteiger partial charge in [-0.2, -0.15) is 26.3 Å². The highest BCUT2D eigenvalue weighted by Crippen LogP contribution is 2.31. The number of hydrogen-bond acceptors (Lipinski definition) is 3. The van der Waals surface area contributed by atoms with E-state index in [1.54, 1.807) is 0 Å². The van der Waals surface area contributed by atoms with Gasteiger partial charge in [0.05, 0.1) is 11.3 Å². The molecule has 1 aromatic carbocycles. The van der Waals surface area contributed by atoms with Gasteiger partial charge in [-0.1, -0.05) is 6.07 Å². The number of aromatic carboxylic acids is 1. The number of anilines is 1. The number of benzene rings is 1. The summed E-state index contributed by atoms with van der Waals surface area (Å²) in [6.07, 6.45) is -4.36. The molecule has 0 aliphatic carbocycles. The molecule has 0 fully saturated rings. The van der Waals surface area contributed by atoms with Gasteiger partial charge in [0.25, 0.3) is 0 Å². The van der Waals surface area contributed by atoms with Crippen molar-refractivity contribution in [1.29, 1.82) is 0 Å². The number of hydrogen-bond donors (Lipinski definition) is 2. The normalized spacial score (nSPS) is 15.1. The Bertz CT molecular complexity index is 673. The molecule has 1 aliphatic rings. The molecule has 0 amide bonds. The van der Waals surface area contributed by atoms with Crippen LogP contribution >= 0.6 is 0 Å². The molecule has 0 saturated heterocycles. The summed E-state index contributed by atoms with van der Waals surface area (Å²) < 4.78 is 62.3. The number of halogens is 3. The molecular formula is C11H11F3N2O4S. The smallest absolute Gasteiger partial charge is 0.402 e. The van der Waals surface area contributed by atoms with E-state index in [4.69, 9.17) is 5.11 Å². The van der Waals surface area contributed by atoms with E-state index in [9.17, 15) is 26.4 Å². The second kappa shape index (κ2) is 5.19. The van der Waals surface area contributed by atoms with E-state index in [1.807, 2.05) is 0 Å². The van der Waals surface area contributed by atoms with Crippen molar-refractivity contribution in [3.8, 4) is 0 Å². The van der Waals surface area contributed by atoms with Gasteiger partial charge >= 0.3 is 22.4 Å². The second-order valence-corrected chi connectivity index (χ2v) is 6.09. The molecule has 1 aromatic rings. The van der Waals surface area contributed by atoms with E-state index < -0.39 is 28.9 Å². The Morgan fingerprint density at radius 2 is 2.05 bits per heavy atom. The maximum absolute atomic E-state index is 12.1. The Kier molecular flexibility index (Phi) is 3.85. The number of carbonyl (C=O) groups is 1. The average Bonchev–Trinajstić information content (AvgIpc) is 2.79. The van der Waals surface area contributed by atoms with Crippen LogP contribution < -0.4 is 9.03 Å². The third-order valence-corrected chi connectivity index (χ3v) is 4.40. The van der Waals surface area contributed by atoms with Crippen LogP contribution in [0.1, 0.15) is 15.9 Å². The van der Waals surface area contributed by atoms with Crippen LogP contribution in [0.25, 0.3) is 0 Å². The molecule has 0 atom stereocenters. The lowest BCUT2D eigenvalue weighted by Crippen LogP contribution is -2.43. The van der Waals surface area contributed by atoms with Gasteiger partial charge in [-0.05, 0) is 24.1 Å². The molecule has 2 rings (SSSR count). The van der Waals surface area contributed by atoms with Crippen molar-refractivity contribution < 1.29 is 31.5 Å². The molecule has 6 nitrogen and oxygen atoms in total. The van der Waals surface area contributed by atoms with Crippen LogP contribution in [0.15, 0.2) is 18.2 Å². The van der Waals surface area contributed by atoms with E-state index in [2.05, 4.69) is 0 Å². The van der Waals surface area contributed by atoms with Gasteiger partial charge in [0.2, 0.25) is 0 Å². The monoisotopic (exact) mass is 324 g/mol. The van der Waals surface area contributed by atoms with E-state index in [0.29, 0.717) is 12.0 Å². The first kappa shape index (κ1) is 15.6. The van der Waals surface area contributed by atoms with Crippen LogP contribution in [0, 0.1) is 0 Å². The fraction of sp³-hybridized carbons (Fsp3) is 0.364. The number of carboxylic acids is 1. The minimum Gasteiger partial charge on any atom is -0.478 e. The van der Waals surface area contributed by atoms with E-state index in [-0.39, 0.29) is 17.8 Å². The SMILES string of the molecule is O=C(O)c1ccc2c(c1)N(S(=O)(=O)NCC(F)(F)F)CC2. The van der Waals surface area contributed by atoms with Crippen LogP contribution in [0.4, 0.5) is 18.9 Å². The highest BCUT2D eigenvalue weighted by molar-refractivity contribution is 7.90. The first-order chi connectivity index (χ1) is 9.60. The first-order valence-corrected chi connectivity index (χ1v) is 7.24. The molecule has 0 saturated carbocycles. The van der Waals surface area contributed by atoms with E-state index in [0.717, 1.165) is 10.4 Å². The molecule has 0 bridgehead atoms. The molecule has 0 spiro atoms. The molecule has 10 heteroatoms. The van der Waals surface area contributed by atoms with Crippen LogP contribution in [0.2, 0.25) is 0 Å². The molecular weight excluding hydrogens is 313 g/mol. The zero-order valence-corrected chi connectivity index (χ0v) is 11.3. The Labute approximate surface area is 118 Å². The van der Waals surface area contributed by atoms with E-state index >= 15 is 0 Å². The van der Waals surface area contributed by atoms with Crippen molar-refractivity contribution in [2.24, 2.45) is 0 Å². The molecule has 1 aliphatic heterocycles. The summed E-state index contributed by atoms with van der Waals surface area (Å²) in [5.74, 6) is -1.25. The summed E-state index contributed by atoms with van der Waals surface area (Å²) >= 11 is 0. The van der Waals surface area contributed by atoms with Crippen molar-refractivity contribution in [1.82, 2.24) is 4.72 Å². The summed E-state index contributed by atoms with van der Waals surface area (Å²) in [5, 5.41) is 8.88. The largest absolute Gasteiger partial charge is 0.478 e. The molecule has 1 heterocycles. The maximum Gasteiger partial charge on any atom is 0.402 e. The van der Waals surface area contributed by atoms with Gasteiger partial charge in [-0.15, -0.1) is 0 Å². The summed E-state index contributed by atoms with van der Waals surface area (Å²) in [6, 6.07) is 3.91. The number of nitrogens with one attached hydrogen (secondary N) is 1. The van der Waals surface area contributed by atoms with Crippen molar-refractivity contribution in [2.75, 3.05) is 17.4 Å². The Hall–Kier alpha value is -1.81. The van der Waals surface area contributed by atoms with E-state index in [1.165, 1.54) is 16.9 Å². The van der Waals surface area contributed by atoms with Gasteiger partial charge in [0, 0.05) is 6.54 Å². The number of alkyl halides is 3. The van der Waals surface area contributed by atoms with Gasteiger partial charge in [-0.25, -0.2) is 4.79 Å². The number of carboxylic acid groups (broad SMARTS) is 1. The minimum absolute atomic E-state index is 0.0361. The minimum atomic E-state index is -4.67. The highest BCUT2D eigenvalue weighted by Gasteiger charge is 2.34. The Morgan fingerprint density at radius 1 is 1.38 bits per heavy atom. The first-order valence-electron chi connectivity index (χ1n) is 5.80. The fourth-order valence-corrected chi connectivity index (χ4v) is 3.25. The Morgan fingerprint density at radius 3 is 2.62 bits per heavy atom. The maximum atomic E-state index is 12.1. The van der Waals surface area contributed by atoms with Crippen molar-refractivity contribution in [3.05, 3.63) is 29.3 Å². The van der Waals surface area contributed by atoms with Crippen molar-refractivity contribution in [3.63, 3.8) is 0 Å². The Balaban J connectivity index is 2.29. The molecule has 21 heavy (non-hydrogen) atoms. The molecule has 0 unspecified atom stereocenters. The van der Waals surface area contributed by atoms with Crippen LogP contribution in [0.3, 0.4) is 0 Å². The summed E-state index contributed by atoms with van der Waals surface area (Å²) in [5.41, 5.74) is 0.522. The van der Waals surface area contributed by atoms with Crippen LogP contribution in [-0.4, -0.2) is 38.8 Å². The van der Waals surface area contributed by atoms with Crippen molar-refractivity contribution in [2.45, 2.75) is 12.6 Å². The average molecular weight is 324 g/mol. The van der Waals surface area contributed by atoms with Crippen LogP contribution in [0.5, 0.6) is 0 Å². The lowest BCUT2D eigenvalue weighted by molar-refractivity contribution is -0.121. The lowest BCUT2D eigenvalue weighted by Gasteiger charge is -2.20. The third kappa shape index (κ3) is 3.45. The predicted octanol–water partition coefficient (Wildman–Crippen LogP) is 1.14. The fourth-order valence-electron chi connectivity index (χ4n) is 1.98. The quantitative estimate of drug-likeness (QED) is 0.870.